The van der Waals surface area contributed by atoms with Crippen LogP contribution in [0.4, 0.5) is 0 Å². The molecule has 0 radical (unpaired) electrons. The fourth-order valence-electron chi connectivity index (χ4n) is 5.82. The zero-order valence-electron chi connectivity index (χ0n) is 16.2. The van der Waals surface area contributed by atoms with Crippen LogP contribution < -0.4 is 9.47 Å². The minimum atomic E-state index is -0.518. The normalized spacial score (nSPS) is 30.8. The predicted octanol–water partition coefficient (Wildman–Crippen LogP) is 3.71. The van der Waals surface area contributed by atoms with Gasteiger partial charge in [-0.2, -0.15) is 0 Å². The molecule has 0 saturated heterocycles. The zero-order valence-corrected chi connectivity index (χ0v) is 16.2. The number of Topliss-reactive ketones (excluding diaryl/α,β-unsaturated/α-hetero) is 1. The molecule has 4 aliphatic carbocycles. The van der Waals surface area contributed by atoms with Crippen molar-refractivity contribution in [2.24, 2.45) is 23.2 Å². The lowest BCUT2D eigenvalue weighted by Crippen LogP contribution is -2.51. The first-order valence-electron chi connectivity index (χ1n) is 9.94. The molecule has 1 aromatic rings. The van der Waals surface area contributed by atoms with E-state index in [1.54, 1.807) is 13.2 Å². The van der Waals surface area contributed by atoms with Crippen LogP contribution in [0.15, 0.2) is 18.2 Å². The number of hydrogen-bond acceptors (Lipinski definition) is 5. The van der Waals surface area contributed by atoms with Crippen molar-refractivity contribution in [1.82, 2.24) is 0 Å². The van der Waals surface area contributed by atoms with Gasteiger partial charge in [0, 0.05) is 5.41 Å². The molecule has 5 heteroatoms. The highest BCUT2D eigenvalue weighted by molar-refractivity contribution is 5.88. The Bertz CT molecular complexity index is 703. The summed E-state index contributed by atoms with van der Waals surface area (Å²) in [6.07, 6.45) is 6.85. The van der Waals surface area contributed by atoms with Gasteiger partial charge in [-0.3, -0.25) is 4.79 Å². The third-order valence-corrected chi connectivity index (χ3v) is 6.66. The first kappa shape index (κ1) is 18.3. The van der Waals surface area contributed by atoms with E-state index >= 15 is 0 Å². The Kier molecular flexibility index (Phi) is 4.87. The van der Waals surface area contributed by atoms with Crippen molar-refractivity contribution in [3.63, 3.8) is 0 Å². The number of hydrogen-bond donors (Lipinski definition) is 0. The maximum absolute atomic E-state index is 12.9. The van der Waals surface area contributed by atoms with E-state index in [-0.39, 0.29) is 24.4 Å². The van der Waals surface area contributed by atoms with E-state index in [4.69, 9.17) is 14.2 Å². The topological polar surface area (TPSA) is 61.8 Å². The average Bonchev–Trinajstić information content (AvgIpc) is 2.63. The molecule has 0 atom stereocenters. The first-order chi connectivity index (χ1) is 13.0. The zero-order chi connectivity index (χ0) is 19.0. The van der Waals surface area contributed by atoms with Gasteiger partial charge in [-0.05, 0) is 80.9 Å². The maximum Gasteiger partial charge on any atom is 0.344 e. The van der Waals surface area contributed by atoms with Gasteiger partial charge >= 0.3 is 5.97 Å². The number of esters is 1. The molecule has 0 spiro atoms. The molecule has 0 aromatic heterocycles. The summed E-state index contributed by atoms with van der Waals surface area (Å²) in [4.78, 5) is 24.9. The monoisotopic (exact) mass is 372 g/mol. The number of ketones is 1. The molecular formula is C22H28O5. The highest BCUT2D eigenvalue weighted by atomic mass is 16.6. The van der Waals surface area contributed by atoms with Crippen LogP contribution in [-0.2, 0) is 14.3 Å². The van der Waals surface area contributed by atoms with E-state index < -0.39 is 5.97 Å². The van der Waals surface area contributed by atoms with Crippen molar-refractivity contribution >= 4 is 11.8 Å². The van der Waals surface area contributed by atoms with Crippen LogP contribution in [0, 0.1) is 30.1 Å². The standard InChI is InChI=1S/C22H28O5/c1-14-3-4-18(19(5-14)25-2)26-13-21(24)27-12-20(23)22-9-15-6-16(10-22)8-17(7-15)11-22/h3-5,15-17H,6-13H2,1-2H3. The van der Waals surface area contributed by atoms with Gasteiger partial charge in [-0.15, -0.1) is 0 Å². The van der Waals surface area contributed by atoms with Gasteiger partial charge in [0.25, 0.3) is 0 Å². The number of rotatable bonds is 7. The van der Waals surface area contributed by atoms with E-state index in [9.17, 15) is 9.59 Å². The second-order valence-electron chi connectivity index (χ2n) is 8.72. The summed E-state index contributed by atoms with van der Waals surface area (Å²) in [6.45, 7) is 1.60. The van der Waals surface area contributed by atoms with Crippen LogP contribution in [-0.4, -0.2) is 32.1 Å². The number of methoxy groups -OCH3 is 1. The summed E-state index contributed by atoms with van der Waals surface area (Å²) in [7, 11) is 1.56. The summed E-state index contributed by atoms with van der Waals surface area (Å²) in [5, 5.41) is 0. The van der Waals surface area contributed by atoms with E-state index in [1.165, 1.54) is 19.3 Å². The Balaban J connectivity index is 1.29. The molecule has 1 aromatic carbocycles. The Labute approximate surface area is 160 Å². The van der Waals surface area contributed by atoms with Crippen molar-refractivity contribution < 1.29 is 23.8 Å². The van der Waals surface area contributed by atoms with Crippen molar-refractivity contribution in [3.8, 4) is 11.5 Å². The van der Waals surface area contributed by atoms with E-state index in [1.807, 2.05) is 19.1 Å². The molecule has 4 fully saturated rings. The van der Waals surface area contributed by atoms with Crippen LogP contribution in [0.2, 0.25) is 0 Å². The van der Waals surface area contributed by atoms with Crippen molar-refractivity contribution in [2.45, 2.75) is 45.4 Å². The van der Waals surface area contributed by atoms with Crippen molar-refractivity contribution in [2.75, 3.05) is 20.3 Å². The summed E-state index contributed by atoms with van der Waals surface area (Å²) >= 11 is 0. The number of carbonyl (C=O) groups is 2. The van der Waals surface area contributed by atoms with Gasteiger partial charge in [0.15, 0.2) is 30.5 Å². The molecule has 146 valence electrons. The molecule has 0 heterocycles. The molecule has 0 aliphatic heterocycles. The third kappa shape index (κ3) is 3.69. The van der Waals surface area contributed by atoms with Crippen LogP contribution in [0.5, 0.6) is 11.5 Å². The largest absolute Gasteiger partial charge is 0.493 e. The summed E-state index contributed by atoms with van der Waals surface area (Å²) in [5.74, 6) is 2.77. The Morgan fingerprint density at radius 3 is 2.22 bits per heavy atom. The molecule has 4 saturated carbocycles. The fourth-order valence-corrected chi connectivity index (χ4v) is 5.82. The number of benzene rings is 1. The SMILES string of the molecule is COc1cc(C)ccc1OCC(=O)OCC(=O)C12CC3CC(CC(C3)C1)C2. The Hall–Kier alpha value is -2.04. The lowest BCUT2D eigenvalue weighted by molar-refractivity contribution is -0.158. The summed E-state index contributed by atoms with van der Waals surface area (Å²) in [6, 6.07) is 5.50. The molecule has 4 aliphatic rings. The fraction of sp³-hybridized carbons (Fsp3) is 0.636. The molecule has 0 unspecified atom stereocenters. The highest BCUT2D eigenvalue weighted by Crippen LogP contribution is 2.60. The predicted molar refractivity (Wildman–Crippen MR) is 99.8 cm³/mol. The summed E-state index contributed by atoms with van der Waals surface area (Å²) < 4.78 is 16.0. The van der Waals surface area contributed by atoms with E-state index in [2.05, 4.69) is 0 Å². The van der Waals surface area contributed by atoms with Crippen LogP contribution in [0.25, 0.3) is 0 Å². The lowest BCUT2D eigenvalue weighted by Gasteiger charge is -2.55. The average molecular weight is 372 g/mol. The third-order valence-electron chi connectivity index (χ3n) is 6.66. The molecule has 27 heavy (non-hydrogen) atoms. The van der Waals surface area contributed by atoms with Crippen LogP contribution in [0.3, 0.4) is 0 Å². The molecule has 5 nitrogen and oxygen atoms in total. The lowest BCUT2D eigenvalue weighted by atomic mass is 9.48. The molecule has 4 bridgehead atoms. The van der Waals surface area contributed by atoms with Gasteiger partial charge in [-0.1, -0.05) is 6.07 Å². The van der Waals surface area contributed by atoms with Gasteiger partial charge in [-0.25, -0.2) is 4.79 Å². The summed E-state index contributed by atoms with van der Waals surface area (Å²) in [5.41, 5.74) is 0.818. The second kappa shape index (κ2) is 7.17. The second-order valence-corrected chi connectivity index (χ2v) is 8.72. The van der Waals surface area contributed by atoms with Gasteiger partial charge < -0.3 is 14.2 Å². The highest BCUT2D eigenvalue weighted by Gasteiger charge is 2.54. The van der Waals surface area contributed by atoms with E-state index in [0.717, 1.165) is 24.8 Å². The first-order valence-corrected chi connectivity index (χ1v) is 9.94. The number of aryl methyl sites for hydroxylation is 1. The Morgan fingerprint density at radius 2 is 1.63 bits per heavy atom. The van der Waals surface area contributed by atoms with Crippen molar-refractivity contribution in [1.29, 1.82) is 0 Å². The minimum Gasteiger partial charge on any atom is -0.493 e. The van der Waals surface area contributed by atoms with Crippen LogP contribution in [0.1, 0.15) is 44.1 Å². The molecule has 5 rings (SSSR count). The molecule has 0 amide bonds. The Morgan fingerprint density at radius 1 is 1.00 bits per heavy atom. The number of carbonyl (C=O) groups excluding carboxylic acids is 2. The van der Waals surface area contributed by atoms with Gasteiger partial charge in [0.05, 0.1) is 7.11 Å². The van der Waals surface area contributed by atoms with Crippen LogP contribution >= 0.6 is 0 Å². The molecule has 0 N–H and O–H groups in total. The smallest absolute Gasteiger partial charge is 0.344 e. The minimum absolute atomic E-state index is 0.114. The van der Waals surface area contributed by atoms with Crippen molar-refractivity contribution in [3.05, 3.63) is 23.8 Å². The van der Waals surface area contributed by atoms with Gasteiger partial charge in [0.1, 0.15) is 0 Å². The quantitative estimate of drug-likeness (QED) is 0.683. The molecular weight excluding hydrogens is 344 g/mol. The van der Waals surface area contributed by atoms with Gasteiger partial charge in [0.2, 0.25) is 0 Å². The van der Waals surface area contributed by atoms with E-state index in [0.29, 0.717) is 29.3 Å². The maximum atomic E-state index is 12.9. The number of ether oxygens (including phenoxy) is 3.